The average Bonchev–Trinajstić information content (AvgIpc) is 3.49. The minimum Gasteiger partial charge on any atom is -0.497 e. The molecule has 0 bridgehead atoms. The summed E-state index contributed by atoms with van der Waals surface area (Å²) in [5.74, 6) is 2.01. The molecule has 0 unspecified atom stereocenters. The number of hydrogen-bond donors (Lipinski definition) is 0. The normalized spacial score (nSPS) is 11.3. The van der Waals surface area contributed by atoms with E-state index in [4.69, 9.17) is 23.4 Å². The number of ketones is 1. The Morgan fingerprint density at radius 2 is 1.72 bits per heavy atom. The molecule has 5 aromatic rings. The van der Waals surface area contributed by atoms with Gasteiger partial charge in [-0.1, -0.05) is 52.8 Å². The van der Waals surface area contributed by atoms with E-state index in [1.54, 1.807) is 49.4 Å². The van der Waals surface area contributed by atoms with E-state index in [0.29, 0.717) is 29.5 Å². The molecule has 0 fully saturated rings. The van der Waals surface area contributed by atoms with Crippen molar-refractivity contribution >= 4 is 28.9 Å². The Bertz CT molecular complexity index is 1820. The van der Waals surface area contributed by atoms with Gasteiger partial charge in [-0.2, -0.15) is 0 Å². The maximum Gasteiger partial charge on any atom is 0.339 e. The number of allylic oxidation sites excluding steroid dienone is 2. The fourth-order valence-electron chi connectivity index (χ4n) is 4.17. The summed E-state index contributed by atoms with van der Waals surface area (Å²) in [5.41, 5.74) is 2.50. The van der Waals surface area contributed by atoms with Crippen molar-refractivity contribution in [2.75, 3.05) is 20.8 Å². The van der Waals surface area contributed by atoms with Crippen molar-refractivity contribution in [2.45, 2.75) is 13.2 Å². The summed E-state index contributed by atoms with van der Waals surface area (Å²) < 4.78 is 29.1. The number of fused-ring (bicyclic) bond motifs is 1. The molecule has 0 saturated heterocycles. The Hall–Kier alpha value is -5.64. The lowest BCUT2D eigenvalue weighted by atomic mass is 10.1. The Kier molecular flexibility index (Phi) is 9.28. The van der Waals surface area contributed by atoms with Crippen LogP contribution in [0.1, 0.15) is 16.7 Å². The highest BCUT2D eigenvalue weighted by atomic mass is 16.5. The van der Waals surface area contributed by atoms with Crippen LogP contribution in [0.3, 0.4) is 0 Å². The molecule has 0 N–H and O–H groups in total. The quantitative estimate of drug-likeness (QED) is 0.134. The Balaban J connectivity index is 1.12. The van der Waals surface area contributed by atoms with Crippen LogP contribution >= 0.6 is 0 Å². The predicted molar refractivity (Wildman–Crippen MR) is 161 cm³/mol. The number of hydrogen-bond acceptors (Lipinski definition) is 9. The van der Waals surface area contributed by atoms with Crippen LogP contribution in [0, 0.1) is 0 Å². The molecule has 2 heterocycles. The lowest BCUT2D eigenvalue weighted by molar-refractivity contribution is -0.110. The Morgan fingerprint density at radius 3 is 2.53 bits per heavy atom. The van der Waals surface area contributed by atoms with Crippen molar-refractivity contribution in [1.82, 2.24) is 15.0 Å². The van der Waals surface area contributed by atoms with Gasteiger partial charge in [0.05, 0.1) is 38.4 Å². The van der Waals surface area contributed by atoms with E-state index in [-0.39, 0.29) is 19.0 Å². The molecule has 43 heavy (non-hydrogen) atoms. The van der Waals surface area contributed by atoms with Gasteiger partial charge in [-0.25, -0.2) is 9.48 Å². The number of rotatable bonds is 13. The smallest absolute Gasteiger partial charge is 0.339 e. The summed E-state index contributed by atoms with van der Waals surface area (Å²) in [6.07, 6.45) is 8.13. The van der Waals surface area contributed by atoms with E-state index in [9.17, 15) is 9.59 Å². The van der Waals surface area contributed by atoms with Crippen LogP contribution in [0.5, 0.6) is 23.1 Å². The highest BCUT2D eigenvalue weighted by Crippen LogP contribution is 2.24. The van der Waals surface area contributed by atoms with E-state index in [1.165, 1.54) is 18.2 Å². The molecule has 5 rings (SSSR count). The van der Waals surface area contributed by atoms with Crippen LogP contribution in [-0.2, 0) is 17.9 Å². The fourth-order valence-corrected chi connectivity index (χ4v) is 4.17. The van der Waals surface area contributed by atoms with Crippen molar-refractivity contribution in [2.24, 2.45) is 0 Å². The summed E-state index contributed by atoms with van der Waals surface area (Å²) in [6, 6.07) is 21.5. The number of aromatic nitrogens is 3. The molecule has 2 aromatic heterocycles. The van der Waals surface area contributed by atoms with E-state index < -0.39 is 5.63 Å². The zero-order valence-corrected chi connectivity index (χ0v) is 23.6. The molecule has 0 spiro atoms. The summed E-state index contributed by atoms with van der Waals surface area (Å²) in [7, 11) is 3.18. The van der Waals surface area contributed by atoms with E-state index in [1.807, 2.05) is 54.6 Å². The Morgan fingerprint density at radius 1 is 0.907 bits per heavy atom. The van der Waals surface area contributed by atoms with Crippen molar-refractivity contribution in [3.05, 3.63) is 118 Å². The van der Waals surface area contributed by atoms with Gasteiger partial charge < -0.3 is 23.4 Å². The van der Waals surface area contributed by atoms with Crippen LogP contribution in [0.4, 0.5) is 0 Å². The molecule has 0 amide bonds. The number of ether oxygens (including phenoxy) is 4. The van der Waals surface area contributed by atoms with Gasteiger partial charge in [-0.05, 0) is 59.7 Å². The molecule has 10 nitrogen and oxygen atoms in total. The van der Waals surface area contributed by atoms with Crippen LogP contribution in [-0.4, -0.2) is 41.6 Å². The van der Waals surface area contributed by atoms with Crippen molar-refractivity contribution in [3.63, 3.8) is 0 Å². The molecule has 0 aliphatic rings. The summed E-state index contributed by atoms with van der Waals surface area (Å²) in [6.45, 7) is 0.904. The molecule has 0 atom stereocenters. The number of carbonyl (C=O) groups is 1. The van der Waals surface area contributed by atoms with Crippen molar-refractivity contribution in [3.8, 4) is 23.1 Å². The van der Waals surface area contributed by atoms with Gasteiger partial charge in [0.15, 0.2) is 5.78 Å². The first kappa shape index (κ1) is 28.9. The van der Waals surface area contributed by atoms with Gasteiger partial charge in [0.2, 0.25) is 0 Å². The van der Waals surface area contributed by atoms with E-state index in [0.717, 1.165) is 27.8 Å². The third-order valence-electron chi connectivity index (χ3n) is 6.38. The molecule has 0 aliphatic carbocycles. The second kappa shape index (κ2) is 13.8. The average molecular weight is 580 g/mol. The largest absolute Gasteiger partial charge is 0.497 e. The zero-order valence-electron chi connectivity index (χ0n) is 23.6. The van der Waals surface area contributed by atoms with Crippen molar-refractivity contribution in [1.29, 1.82) is 0 Å². The second-order valence-electron chi connectivity index (χ2n) is 9.30. The minimum atomic E-state index is -0.475. The molecule has 0 aliphatic heterocycles. The second-order valence-corrected chi connectivity index (χ2v) is 9.30. The van der Waals surface area contributed by atoms with Gasteiger partial charge in [0.25, 0.3) is 5.88 Å². The van der Waals surface area contributed by atoms with Gasteiger partial charge in [0.1, 0.15) is 36.0 Å². The molecule has 10 heteroatoms. The van der Waals surface area contributed by atoms with E-state index in [2.05, 4.69) is 10.3 Å². The Labute approximate surface area is 247 Å². The fraction of sp³-hybridized carbons (Fsp3) is 0.152. The third kappa shape index (κ3) is 7.76. The molecular formula is C33H29N3O7. The molecule has 0 radical (unpaired) electrons. The monoisotopic (exact) mass is 579 g/mol. The lowest BCUT2D eigenvalue weighted by Crippen LogP contribution is -2.10. The first-order chi connectivity index (χ1) is 21.0. The first-order valence-corrected chi connectivity index (χ1v) is 13.4. The van der Waals surface area contributed by atoms with Crippen LogP contribution in [0.25, 0.3) is 23.1 Å². The predicted octanol–water partition coefficient (Wildman–Crippen LogP) is 5.36. The lowest BCUT2D eigenvalue weighted by Gasteiger charge is -2.08. The highest BCUT2D eigenvalue weighted by Gasteiger charge is 2.08. The van der Waals surface area contributed by atoms with Gasteiger partial charge in [0, 0.05) is 5.56 Å². The topological polar surface area (TPSA) is 115 Å². The van der Waals surface area contributed by atoms with Gasteiger partial charge in [-0.15, -0.1) is 0 Å². The van der Waals surface area contributed by atoms with Crippen molar-refractivity contribution < 1.29 is 28.2 Å². The number of benzene rings is 3. The number of para-hydroxylation sites is 1. The van der Waals surface area contributed by atoms with Gasteiger partial charge in [-0.3, -0.25) is 4.79 Å². The third-order valence-corrected chi connectivity index (χ3v) is 6.38. The highest BCUT2D eigenvalue weighted by molar-refractivity contribution is 6.04. The molecule has 3 aromatic carbocycles. The van der Waals surface area contributed by atoms with Crippen LogP contribution < -0.4 is 24.6 Å². The van der Waals surface area contributed by atoms with E-state index >= 15 is 0 Å². The molecule has 0 saturated carbocycles. The maximum atomic E-state index is 12.3. The summed E-state index contributed by atoms with van der Waals surface area (Å²) >= 11 is 0. The van der Waals surface area contributed by atoms with Gasteiger partial charge >= 0.3 is 5.63 Å². The van der Waals surface area contributed by atoms with Crippen LogP contribution in [0.2, 0.25) is 0 Å². The SMILES string of the molecule is COc1ccc(/C=C/C(=O)/C=C/c2ccc(COc3cn(CCOc4cc(=O)oc5ccccc45)nn3)cc2OC)cc1. The number of nitrogens with zero attached hydrogens (tertiary/aromatic N) is 3. The summed E-state index contributed by atoms with van der Waals surface area (Å²) in [4.78, 5) is 24.2. The molecule has 218 valence electrons. The van der Waals surface area contributed by atoms with Crippen LogP contribution in [0.15, 0.2) is 100 Å². The standard InChI is InChI=1S/C33H29N3O7/c1-39-27-15-9-23(10-16-27)8-13-26(37)14-12-25-11-7-24(19-30(25)40-2)22-42-32-21-36(35-34-32)17-18-41-31-20-33(38)43-29-6-4-3-5-28(29)31/h3-16,19-21H,17-18,22H2,1-2H3/b13-8+,14-12+. The first-order valence-electron chi connectivity index (χ1n) is 13.4. The molecular weight excluding hydrogens is 550 g/mol. The zero-order chi connectivity index (χ0) is 30.0. The number of methoxy groups -OCH3 is 2. The minimum absolute atomic E-state index is 0.151. The summed E-state index contributed by atoms with van der Waals surface area (Å²) in [5, 5.41) is 8.85. The number of carbonyl (C=O) groups excluding carboxylic acids is 1. The maximum absolute atomic E-state index is 12.3.